The summed E-state index contributed by atoms with van der Waals surface area (Å²) >= 11 is 12.4. The van der Waals surface area contributed by atoms with Crippen LogP contribution in [0, 0.1) is 13.8 Å². The molecule has 0 saturated heterocycles. The van der Waals surface area contributed by atoms with Crippen LogP contribution in [-0.4, -0.2) is 20.7 Å². The molecule has 0 aliphatic heterocycles. The minimum absolute atomic E-state index is 0.276. The zero-order valence-electron chi connectivity index (χ0n) is 15.2. The third-order valence-electron chi connectivity index (χ3n) is 4.49. The molecule has 140 valence electrons. The van der Waals surface area contributed by atoms with Gasteiger partial charge >= 0.3 is 0 Å². The fraction of sp³-hybridized carbons (Fsp3) is 0.0952. The van der Waals surface area contributed by atoms with Crippen LogP contribution in [0.4, 0.5) is 5.82 Å². The SMILES string of the molecule is Cc1nn(-c2cc(Cl)ccc2Cl)c(C)c1C(=O)Nc1ccc2ccccc2n1. The lowest BCUT2D eigenvalue weighted by atomic mass is 10.1. The molecular formula is C21H16Cl2N4O. The third kappa shape index (κ3) is 3.35. The molecule has 2 heterocycles. The van der Waals surface area contributed by atoms with Crippen LogP contribution in [0.1, 0.15) is 21.7 Å². The van der Waals surface area contributed by atoms with Crippen molar-refractivity contribution >= 4 is 45.8 Å². The summed E-state index contributed by atoms with van der Waals surface area (Å²) in [5, 5.41) is 9.40. The Morgan fingerprint density at radius 1 is 1.04 bits per heavy atom. The van der Waals surface area contributed by atoms with E-state index in [-0.39, 0.29) is 5.91 Å². The van der Waals surface area contributed by atoms with Gasteiger partial charge in [-0.25, -0.2) is 9.67 Å². The van der Waals surface area contributed by atoms with Gasteiger partial charge in [-0.3, -0.25) is 4.79 Å². The average Bonchev–Trinajstić information content (AvgIpc) is 2.97. The molecule has 0 aliphatic carbocycles. The van der Waals surface area contributed by atoms with Crippen LogP contribution in [0.2, 0.25) is 10.0 Å². The highest BCUT2D eigenvalue weighted by atomic mass is 35.5. The summed E-state index contributed by atoms with van der Waals surface area (Å²) in [4.78, 5) is 17.4. The molecule has 7 heteroatoms. The first-order valence-corrected chi connectivity index (χ1v) is 9.38. The van der Waals surface area contributed by atoms with E-state index in [2.05, 4.69) is 15.4 Å². The van der Waals surface area contributed by atoms with Crippen molar-refractivity contribution in [3.8, 4) is 5.69 Å². The van der Waals surface area contributed by atoms with Crippen molar-refractivity contribution in [1.82, 2.24) is 14.8 Å². The van der Waals surface area contributed by atoms with Gasteiger partial charge in [0.15, 0.2) is 0 Å². The zero-order chi connectivity index (χ0) is 19.8. The monoisotopic (exact) mass is 410 g/mol. The van der Waals surface area contributed by atoms with Crippen LogP contribution in [0.3, 0.4) is 0 Å². The van der Waals surface area contributed by atoms with E-state index < -0.39 is 0 Å². The number of amides is 1. The van der Waals surface area contributed by atoms with E-state index >= 15 is 0 Å². The van der Waals surface area contributed by atoms with E-state index in [0.717, 1.165) is 10.9 Å². The van der Waals surface area contributed by atoms with Crippen molar-refractivity contribution in [2.75, 3.05) is 5.32 Å². The maximum atomic E-state index is 12.9. The Bertz CT molecular complexity index is 1220. The molecule has 0 aliphatic rings. The maximum Gasteiger partial charge on any atom is 0.260 e. The Balaban J connectivity index is 1.69. The molecule has 28 heavy (non-hydrogen) atoms. The molecule has 0 atom stereocenters. The lowest BCUT2D eigenvalue weighted by Crippen LogP contribution is -2.15. The van der Waals surface area contributed by atoms with Gasteiger partial charge in [-0.2, -0.15) is 5.10 Å². The molecule has 2 aromatic carbocycles. The molecule has 4 rings (SSSR count). The number of aryl methyl sites for hydroxylation is 1. The molecular weight excluding hydrogens is 395 g/mol. The Hall–Kier alpha value is -2.89. The van der Waals surface area contributed by atoms with E-state index in [4.69, 9.17) is 23.2 Å². The summed E-state index contributed by atoms with van der Waals surface area (Å²) in [6.45, 7) is 3.60. The number of carbonyl (C=O) groups is 1. The van der Waals surface area contributed by atoms with Gasteiger partial charge in [-0.15, -0.1) is 0 Å². The largest absolute Gasteiger partial charge is 0.306 e. The normalized spacial score (nSPS) is 11.0. The molecule has 0 fully saturated rings. The van der Waals surface area contributed by atoms with E-state index in [1.165, 1.54) is 0 Å². The molecule has 4 aromatic rings. The van der Waals surface area contributed by atoms with Crippen molar-refractivity contribution in [3.63, 3.8) is 0 Å². The van der Waals surface area contributed by atoms with Crippen LogP contribution in [0.5, 0.6) is 0 Å². The van der Waals surface area contributed by atoms with Gasteiger partial charge in [0.25, 0.3) is 5.91 Å². The third-order valence-corrected chi connectivity index (χ3v) is 5.05. The minimum atomic E-state index is -0.276. The molecule has 1 N–H and O–H groups in total. The number of fused-ring (bicyclic) bond motifs is 1. The van der Waals surface area contributed by atoms with Gasteiger partial charge in [0.05, 0.1) is 33.2 Å². The standard InChI is InChI=1S/C21H16Cl2N4O/c1-12-20(13(2)27(26-12)18-11-15(22)8-9-16(18)23)21(28)25-19-10-7-14-5-3-4-6-17(14)24-19/h3-11H,1-2H3,(H,24,25,28). The molecule has 0 spiro atoms. The molecule has 1 amide bonds. The number of pyridine rings is 1. The molecule has 0 bridgehead atoms. The topological polar surface area (TPSA) is 59.8 Å². The fourth-order valence-corrected chi connectivity index (χ4v) is 3.53. The number of rotatable bonds is 3. The Labute approximate surface area is 171 Å². The highest BCUT2D eigenvalue weighted by molar-refractivity contribution is 6.34. The quantitative estimate of drug-likeness (QED) is 0.478. The predicted octanol–water partition coefficient (Wildman–Crippen LogP) is 5.60. The van der Waals surface area contributed by atoms with Gasteiger partial charge in [-0.05, 0) is 50.2 Å². The predicted molar refractivity (Wildman–Crippen MR) is 113 cm³/mol. The van der Waals surface area contributed by atoms with Gasteiger partial charge in [0.2, 0.25) is 0 Å². The summed E-state index contributed by atoms with van der Waals surface area (Å²) in [5.74, 6) is 0.207. The van der Waals surface area contributed by atoms with Crippen molar-refractivity contribution < 1.29 is 4.79 Å². The van der Waals surface area contributed by atoms with Crippen molar-refractivity contribution in [2.45, 2.75) is 13.8 Å². The number of aromatic nitrogens is 3. The Kier molecular flexibility index (Phi) is 4.79. The smallest absolute Gasteiger partial charge is 0.260 e. The summed E-state index contributed by atoms with van der Waals surface area (Å²) in [7, 11) is 0. The molecule has 5 nitrogen and oxygen atoms in total. The van der Waals surface area contributed by atoms with Crippen LogP contribution >= 0.6 is 23.2 Å². The molecule has 0 saturated carbocycles. The number of carbonyl (C=O) groups excluding carboxylic acids is 1. The number of halogens is 2. The van der Waals surface area contributed by atoms with E-state index in [1.54, 1.807) is 35.9 Å². The van der Waals surface area contributed by atoms with Gasteiger partial charge in [0, 0.05) is 10.4 Å². The molecule has 2 aromatic heterocycles. The van der Waals surface area contributed by atoms with Gasteiger partial charge in [-0.1, -0.05) is 41.4 Å². The second-order valence-electron chi connectivity index (χ2n) is 6.40. The number of hydrogen-bond acceptors (Lipinski definition) is 3. The average molecular weight is 411 g/mol. The lowest BCUT2D eigenvalue weighted by molar-refractivity contribution is 0.102. The van der Waals surface area contributed by atoms with Crippen molar-refractivity contribution in [1.29, 1.82) is 0 Å². The van der Waals surface area contributed by atoms with Gasteiger partial charge < -0.3 is 5.32 Å². The second kappa shape index (κ2) is 7.26. The number of nitrogens with one attached hydrogen (secondary N) is 1. The summed E-state index contributed by atoms with van der Waals surface area (Å²) in [6.07, 6.45) is 0. The number of benzene rings is 2. The first-order valence-electron chi connectivity index (χ1n) is 8.63. The summed E-state index contributed by atoms with van der Waals surface area (Å²) < 4.78 is 1.63. The highest BCUT2D eigenvalue weighted by Crippen LogP contribution is 2.27. The van der Waals surface area contributed by atoms with Gasteiger partial charge in [0.1, 0.15) is 5.82 Å². The number of nitrogens with zero attached hydrogens (tertiary/aromatic N) is 3. The number of para-hydroxylation sites is 1. The Morgan fingerprint density at radius 3 is 2.64 bits per heavy atom. The maximum absolute atomic E-state index is 12.9. The summed E-state index contributed by atoms with van der Waals surface area (Å²) in [5.41, 5.74) is 3.17. The first kappa shape index (κ1) is 18.5. The van der Waals surface area contributed by atoms with Crippen LogP contribution < -0.4 is 5.32 Å². The van der Waals surface area contributed by atoms with Crippen LogP contribution in [0.15, 0.2) is 54.6 Å². The fourth-order valence-electron chi connectivity index (χ4n) is 3.17. The molecule has 0 radical (unpaired) electrons. The van der Waals surface area contributed by atoms with Crippen molar-refractivity contribution in [3.05, 3.63) is 81.6 Å². The summed E-state index contributed by atoms with van der Waals surface area (Å²) in [6, 6.07) is 16.6. The number of hydrogen-bond donors (Lipinski definition) is 1. The van der Waals surface area contributed by atoms with E-state index in [1.807, 2.05) is 37.3 Å². The van der Waals surface area contributed by atoms with Crippen molar-refractivity contribution in [2.24, 2.45) is 0 Å². The zero-order valence-corrected chi connectivity index (χ0v) is 16.7. The first-order chi connectivity index (χ1) is 13.4. The second-order valence-corrected chi connectivity index (χ2v) is 7.24. The Morgan fingerprint density at radius 2 is 1.82 bits per heavy atom. The van der Waals surface area contributed by atoms with E-state index in [9.17, 15) is 4.79 Å². The van der Waals surface area contributed by atoms with E-state index in [0.29, 0.717) is 38.5 Å². The molecule has 0 unspecified atom stereocenters. The highest BCUT2D eigenvalue weighted by Gasteiger charge is 2.21. The number of anilines is 1. The lowest BCUT2D eigenvalue weighted by Gasteiger charge is -2.09. The minimum Gasteiger partial charge on any atom is -0.306 e. The van der Waals surface area contributed by atoms with Crippen LogP contribution in [-0.2, 0) is 0 Å². The van der Waals surface area contributed by atoms with Crippen LogP contribution in [0.25, 0.3) is 16.6 Å².